The third-order valence-corrected chi connectivity index (χ3v) is 6.05. The zero-order chi connectivity index (χ0) is 18.2. The summed E-state index contributed by atoms with van der Waals surface area (Å²) in [5.74, 6) is -1.29. The molecule has 1 aromatic carbocycles. The fourth-order valence-corrected chi connectivity index (χ4v) is 3.98. The van der Waals surface area contributed by atoms with E-state index in [-0.39, 0.29) is 16.5 Å². The zero-order valence-electron chi connectivity index (χ0n) is 14.0. The molecule has 0 aliphatic heterocycles. The lowest BCUT2D eigenvalue weighted by atomic mass is 10.1. The molecule has 2 aliphatic carbocycles. The van der Waals surface area contributed by atoms with E-state index in [2.05, 4.69) is 10.0 Å². The standard InChI is InChI=1S/C17H22N2O5S/c1-10-2-7-13(25(23,24)19-12-5-6-12)9-14(10)16(20)18-15(17(21)22)8-11-3-4-11/h2,7,9,11-12,15,19H,3-6,8H2,1H3,(H,18,20)(H,21,22). The minimum absolute atomic E-state index is 0.0178. The highest BCUT2D eigenvalue weighted by Crippen LogP contribution is 2.33. The third-order valence-electron chi connectivity index (χ3n) is 4.53. The van der Waals surface area contributed by atoms with Crippen molar-refractivity contribution >= 4 is 21.9 Å². The van der Waals surface area contributed by atoms with Crippen LogP contribution in [0.3, 0.4) is 0 Å². The first-order valence-electron chi connectivity index (χ1n) is 8.43. The van der Waals surface area contributed by atoms with Gasteiger partial charge in [0.1, 0.15) is 6.04 Å². The largest absolute Gasteiger partial charge is 0.480 e. The minimum atomic E-state index is -3.67. The smallest absolute Gasteiger partial charge is 0.326 e. The highest BCUT2D eigenvalue weighted by Gasteiger charge is 2.31. The fourth-order valence-electron chi connectivity index (χ4n) is 2.65. The predicted octanol–water partition coefficient (Wildman–Crippen LogP) is 1.42. The molecule has 0 saturated heterocycles. The first-order chi connectivity index (χ1) is 11.8. The maximum absolute atomic E-state index is 12.5. The molecule has 3 rings (SSSR count). The van der Waals surface area contributed by atoms with Crippen LogP contribution in [-0.2, 0) is 14.8 Å². The second-order valence-corrected chi connectivity index (χ2v) is 8.63. The van der Waals surface area contributed by atoms with Gasteiger partial charge < -0.3 is 10.4 Å². The fraction of sp³-hybridized carbons (Fsp3) is 0.529. The number of benzene rings is 1. The summed E-state index contributed by atoms with van der Waals surface area (Å²) in [5.41, 5.74) is 0.777. The summed E-state index contributed by atoms with van der Waals surface area (Å²) < 4.78 is 27.2. The van der Waals surface area contributed by atoms with Gasteiger partial charge in [-0.25, -0.2) is 17.9 Å². The molecule has 7 nitrogen and oxygen atoms in total. The van der Waals surface area contributed by atoms with Crippen LogP contribution in [0, 0.1) is 12.8 Å². The Morgan fingerprint density at radius 2 is 1.92 bits per heavy atom. The maximum atomic E-state index is 12.5. The Hall–Kier alpha value is -1.93. The van der Waals surface area contributed by atoms with E-state index in [1.54, 1.807) is 13.0 Å². The molecule has 0 aromatic heterocycles. The highest BCUT2D eigenvalue weighted by atomic mass is 32.2. The number of carboxylic acid groups (broad SMARTS) is 1. The molecule has 1 atom stereocenters. The number of hydrogen-bond acceptors (Lipinski definition) is 4. The minimum Gasteiger partial charge on any atom is -0.480 e. The summed E-state index contributed by atoms with van der Waals surface area (Å²) in [6, 6.07) is 3.34. The number of aliphatic carboxylic acids is 1. The third kappa shape index (κ3) is 4.58. The van der Waals surface area contributed by atoms with Crippen LogP contribution in [0.4, 0.5) is 0 Å². The van der Waals surface area contributed by atoms with Crippen molar-refractivity contribution in [1.29, 1.82) is 0 Å². The molecule has 1 amide bonds. The second kappa shape index (κ2) is 6.76. The van der Waals surface area contributed by atoms with Gasteiger partial charge in [0.25, 0.3) is 5.91 Å². The molecule has 3 N–H and O–H groups in total. The van der Waals surface area contributed by atoms with Gasteiger partial charge in [-0.3, -0.25) is 4.79 Å². The Balaban J connectivity index is 1.78. The van der Waals surface area contributed by atoms with E-state index < -0.39 is 27.9 Å². The summed E-state index contributed by atoms with van der Waals surface area (Å²) in [6.45, 7) is 1.69. The normalized spacial score (nSPS) is 18.6. The lowest BCUT2D eigenvalue weighted by Gasteiger charge is -2.16. The lowest BCUT2D eigenvalue weighted by Crippen LogP contribution is -2.41. The van der Waals surface area contributed by atoms with Crippen molar-refractivity contribution in [2.75, 3.05) is 0 Å². The number of hydrogen-bond donors (Lipinski definition) is 3. The monoisotopic (exact) mass is 366 g/mol. The summed E-state index contributed by atoms with van der Waals surface area (Å²) in [7, 11) is -3.67. The molecular weight excluding hydrogens is 344 g/mol. The van der Waals surface area contributed by atoms with Crippen LogP contribution in [0.25, 0.3) is 0 Å². The van der Waals surface area contributed by atoms with E-state index in [4.69, 9.17) is 0 Å². The first kappa shape index (κ1) is 17.9. The number of carbonyl (C=O) groups is 2. The quantitative estimate of drug-likeness (QED) is 0.644. The van der Waals surface area contributed by atoms with Crippen molar-refractivity contribution in [3.05, 3.63) is 29.3 Å². The average molecular weight is 366 g/mol. The number of carboxylic acids is 1. The number of sulfonamides is 1. The van der Waals surface area contributed by atoms with E-state index in [1.807, 2.05) is 0 Å². The Bertz CT molecular complexity index is 797. The van der Waals surface area contributed by atoms with E-state index in [0.717, 1.165) is 25.7 Å². The van der Waals surface area contributed by atoms with Crippen molar-refractivity contribution in [1.82, 2.24) is 10.0 Å². The van der Waals surface area contributed by atoms with Crippen LogP contribution >= 0.6 is 0 Å². The van der Waals surface area contributed by atoms with Gasteiger partial charge in [0.2, 0.25) is 10.0 Å². The van der Waals surface area contributed by atoms with Gasteiger partial charge in [0.05, 0.1) is 4.90 Å². The lowest BCUT2D eigenvalue weighted by molar-refractivity contribution is -0.139. The topological polar surface area (TPSA) is 113 Å². The van der Waals surface area contributed by atoms with Gasteiger partial charge >= 0.3 is 5.97 Å². The molecular formula is C17H22N2O5S. The van der Waals surface area contributed by atoms with Crippen molar-refractivity contribution in [3.63, 3.8) is 0 Å². The van der Waals surface area contributed by atoms with Gasteiger partial charge in [-0.1, -0.05) is 18.9 Å². The molecule has 2 fully saturated rings. The van der Waals surface area contributed by atoms with Gasteiger partial charge in [-0.2, -0.15) is 0 Å². The molecule has 136 valence electrons. The molecule has 2 saturated carbocycles. The molecule has 0 spiro atoms. The van der Waals surface area contributed by atoms with Crippen LogP contribution in [0.2, 0.25) is 0 Å². The van der Waals surface area contributed by atoms with E-state index in [0.29, 0.717) is 17.9 Å². The van der Waals surface area contributed by atoms with Crippen LogP contribution in [0.5, 0.6) is 0 Å². The van der Waals surface area contributed by atoms with Crippen molar-refractivity contribution < 1.29 is 23.1 Å². The van der Waals surface area contributed by atoms with E-state index in [1.165, 1.54) is 12.1 Å². The van der Waals surface area contributed by atoms with Crippen molar-refractivity contribution in [2.24, 2.45) is 5.92 Å². The summed E-state index contributed by atoms with van der Waals surface area (Å²) in [4.78, 5) is 23.9. The zero-order valence-corrected chi connectivity index (χ0v) is 14.8. The Morgan fingerprint density at radius 3 is 2.48 bits per heavy atom. The van der Waals surface area contributed by atoms with Crippen molar-refractivity contribution in [2.45, 2.75) is 56.0 Å². The van der Waals surface area contributed by atoms with Crippen LogP contribution in [0.15, 0.2) is 23.1 Å². The Labute approximate surface area is 146 Å². The van der Waals surface area contributed by atoms with Gasteiger partial charge in [0.15, 0.2) is 0 Å². The molecule has 2 aliphatic rings. The second-order valence-electron chi connectivity index (χ2n) is 6.92. The summed E-state index contributed by atoms with van der Waals surface area (Å²) >= 11 is 0. The number of carbonyl (C=O) groups excluding carboxylic acids is 1. The van der Waals surface area contributed by atoms with Gasteiger partial charge in [0, 0.05) is 11.6 Å². The van der Waals surface area contributed by atoms with Crippen molar-refractivity contribution in [3.8, 4) is 0 Å². The number of rotatable bonds is 8. The highest BCUT2D eigenvalue weighted by molar-refractivity contribution is 7.89. The molecule has 0 heterocycles. The maximum Gasteiger partial charge on any atom is 0.326 e. The molecule has 25 heavy (non-hydrogen) atoms. The van der Waals surface area contributed by atoms with E-state index >= 15 is 0 Å². The van der Waals surface area contributed by atoms with Gasteiger partial charge in [-0.15, -0.1) is 0 Å². The Morgan fingerprint density at radius 1 is 1.24 bits per heavy atom. The average Bonchev–Trinajstić information content (AvgIpc) is 3.43. The Kier molecular flexibility index (Phi) is 4.83. The van der Waals surface area contributed by atoms with Crippen LogP contribution in [0.1, 0.15) is 48.0 Å². The van der Waals surface area contributed by atoms with Gasteiger partial charge in [-0.05, 0) is 49.8 Å². The summed E-state index contributed by atoms with van der Waals surface area (Å²) in [6.07, 6.45) is 4.01. The van der Waals surface area contributed by atoms with E-state index in [9.17, 15) is 23.1 Å². The molecule has 8 heteroatoms. The molecule has 0 bridgehead atoms. The molecule has 0 radical (unpaired) electrons. The number of nitrogens with one attached hydrogen (secondary N) is 2. The molecule has 1 unspecified atom stereocenters. The SMILES string of the molecule is Cc1ccc(S(=O)(=O)NC2CC2)cc1C(=O)NC(CC1CC1)C(=O)O. The first-order valence-corrected chi connectivity index (χ1v) is 9.91. The number of amides is 1. The van der Waals surface area contributed by atoms with Crippen LogP contribution in [-0.4, -0.2) is 37.5 Å². The van der Waals surface area contributed by atoms with Crippen LogP contribution < -0.4 is 10.0 Å². The summed E-state index contributed by atoms with van der Waals surface area (Å²) in [5, 5.41) is 11.8. The molecule has 1 aromatic rings. The predicted molar refractivity (Wildman–Crippen MR) is 90.8 cm³/mol. The number of aryl methyl sites for hydroxylation is 1.